The van der Waals surface area contributed by atoms with Crippen molar-refractivity contribution in [1.82, 2.24) is 15.6 Å². The topological polar surface area (TPSA) is 81.7 Å². The highest BCUT2D eigenvalue weighted by atomic mass is 19.1. The maximum atomic E-state index is 13.6. The van der Waals surface area contributed by atoms with E-state index in [9.17, 15) is 9.18 Å². The number of carbonyl (C=O) groups excluding carboxylic acids is 1. The molecule has 0 unspecified atom stereocenters. The molecule has 0 amide bonds. The number of rotatable bonds is 12. The summed E-state index contributed by atoms with van der Waals surface area (Å²) in [4.78, 5) is 16.2. The van der Waals surface area contributed by atoms with E-state index in [4.69, 9.17) is 14.2 Å². The molecule has 2 atom stereocenters. The van der Waals surface area contributed by atoms with Crippen molar-refractivity contribution in [2.75, 3.05) is 33.4 Å². The zero-order valence-electron chi connectivity index (χ0n) is 21.1. The van der Waals surface area contributed by atoms with E-state index in [0.717, 1.165) is 37.4 Å². The first kappa shape index (κ1) is 26.7. The molecule has 1 aromatic heterocycles. The van der Waals surface area contributed by atoms with E-state index < -0.39 is 5.97 Å². The molecule has 3 aromatic rings. The second kappa shape index (κ2) is 13.8. The summed E-state index contributed by atoms with van der Waals surface area (Å²) in [5.41, 5.74) is 2.94. The number of ether oxygens (including phenoxy) is 3. The fourth-order valence-electron chi connectivity index (χ4n) is 4.46. The van der Waals surface area contributed by atoms with E-state index in [1.54, 1.807) is 24.3 Å². The molecule has 1 aliphatic rings. The number of piperidine rings is 1. The average molecular weight is 508 g/mol. The Bertz CT molecular complexity index is 1140. The van der Waals surface area contributed by atoms with Crippen LogP contribution in [0.3, 0.4) is 0 Å². The second-order valence-electron chi connectivity index (χ2n) is 9.01. The van der Waals surface area contributed by atoms with Crippen molar-refractivity contribution in [1.29, 1.82) is 0 Å². The van der Waals surface area contributed by atoms with Crippen LogP contribution in [0.4, 0.5) is 4.39 Å². The highest BCUT2D eigenvalue weighted by Gasteiger charge is 2.26. The highest BCUT2D eigenvalue weighted by molar-refractivity contribution is 5.87. The van der Waals surface area contributed by atoms with Gasteiger partial charge in [0.05, 0.1) is 32.6 Å². The van der Waals surface area contributed by atoms with Crippen molar-refractivity contribution in [2.45, 2.75) is 38.0 Å². The molecule has 1 fully saturated rings. The summed E-state index contributed by atoms with van der Waals surface area (Å²) in [6.07, 6.45) is 1.74. The Hall–Kier alpha value is -3.33. The molecule has 8 heteroatoms. The van der Waals surface area contributed by atoms with Gasteiger partial charge in [-0.2, -0.15) is 0 Å². The van der Waals surface area contributed by atoms with Crippen molar-refractivity contribution in [3.8, 4) is 5.75 Å². The lowest BCUT2D eigenvalue weighted by Crippen LogP contribution is -2.47. The van der Waals surface area contributed by atoms with Crippen molar-refractivity contribution >= 4 is 5.97 Å². The molecule has 1 aliphatic heterocycles. The number of halogens is 1. The number of benzene rings is 2. The molecular weight excluding hydrogens is 473 g/mol. The zero-order chi connectivity index (χ0) is 25.9. The first-order valence-corrected chi connectivity index (χ1v) is 12.7. The van der Waals surface area contributed by atoms with Gasteiger partial charge in [-0.05, 0) is 48.9 Å². The largest absolute Gasteiger partial charge is 0.494 e. The SMILES string of the molecule is COC(=O)c1cccc(CN[C@H]2CNCC[C@H]2c2ccc(OCCCOCc3ccccc3F)cc2)n1. The highest BCUT2D eigenvalue weighted by Crippen LogP contribution is 2.27. The molecule has 2 aromatic carbocycles. The van der Waals surface area contributed by atoms with E-state index in [2.05, 4.69) is 27.8 Å². The van der Waals surface area contributed by atoms with Crippen LogP contribution < -0.4 is 15.4 Å². The summed E-state index contributed by atoms with van der Waals surface area (Å²) < 4.78 is 29.8. The lowest BCUT2D eigenvalue weighted by atomic mass is 9.86. The monoisotopic (exact) mass is 507 g/mol. The smallest absolute Gasteiger partial charge is 0.356 e. The molecule has 7 nitrogen and oxygen atoms in total. The van der Waals surface area contributed by atoms with Gasteiger partial charge in [-0.3, -0.25) is 0 Å². The maximum Gasteiger partial charge on any atom is 0.356 e. The Morgan fingerprint density at radius 3 is 2.73 bits per heavy atom. The first-order chi connectivity index (χ1) is 18.1. The zero-order valence-corrected chi connectivity index (χ0v) is 21.1. The normalized spacial score (nSPS) is 17.4. The van der Waals surface area contributed by atoms with Crippen molar-refractivity contribution in [3.63, 3.8) is 0 Å². The van der Waals surface area contributed by atoms with Gasteiger partial charge in [0.1, 0.15) is 17.3 Å². The number of carbonyl (C=O) groups is 1. The van der Waals surface area contributed by atoms with E-state index in [0.29, 0.717) is 36.9 Å². The van der Waals surface area contributed by atoms with Gasteiger partial charge in [-0.1, -0.05) is 36.4 Å². The molecule has 4 rings (SSSR count). The predicted octanol–water partition coefficient (Wildman–Crippen LogP) is 4.23. The quantitative estimate of drug-likeness (QED) is 0.281. The van der Waals surface area contributed by atoms with Crippen LogP contribution in [0.1, 0.15) is 46.1 Å². The summed E-state index contributed by atoms with van der Waals surface area (Å²) in [6, 6.07) is 20.5. The summed E-state index contributed by atoms with van der Waals surface area (Å²) in [5, 5.41) is 7.07. The summed E-state index contributed by atoms with van der Waals surface area (Å²) in [7, 11) is 1.36. The minimum Gasteiger partial charge on any atom is -0.494 e. The van der Waals surface area contributed by atoms with E-state index >= 15 is 0 Å². The van der Waals surface area contributed by atoms with Crippen LogP contribution in [0.25, 0.3) is 0 Å². The van der Waals surface area contributed by atoms with Gasteiger partial charge in [0, 0.05) is 37.0 Å². The van der Waals surface area contributed by atoms with Crippen molar-refractivity contribution < 1.29 is 23.4 Å². The van der Waals surface area contributed by atoms with Crippen molar-refractivity contribution in [3.05, 3.63) is 95.1 Å². The van der Waals surface area contributed by atoms with Gasteiger partial charge in [-0.25, -0.2) is 14.2 Å². The number of methoxy groups -OCH3 is 1. The van der Waals surface area contributed by atoms with Crippen LogP contribution in [0, 0.1) is 5.82 Å². The number of nitrogens with one attached hydrogen (secondary N) is 2. The summed E-state index contributed by atoms with van der Waals surface area (Å²) in [6.45, 7) is 3.68. The number of nitrogens with zero attached hydrogens (tertiary/aromatic N) is 1. The second-order valence-corrected chi connectivity index (χ2v) is 9.01. The number of pyridine rings is 1. The molecular formula is C29H34FN3O4. The van der Waals surface area contributed by atoms with Crippen LogP contribution in [0.15, 0.2) is 66.7 Å². The molecule has 37 heavy (non-hydrogen) atoms. The standard InChI is InChI=1S/C29H34FN3O4/c1-35-29(34)27-9-4-7-23(33-27)18-32-28-19-31-15-14-25(28)21-10-12-24(13-11-21)37-17-5-16-36-20-22-6-2-3-8-26(22)30/h2-4,6-13,25,28,31-32H,5,14-20H2,1H3/t25-,28-/m0/s1. The molecule has 1 saturated heterocycles. The molecule has 0 saturated carbocycles. The van der Waals surface area contributed by atoms with Crippen LogP contribution in [0.2, 0.25) is 0 Å². The van der Waals surface area contributed by atoms with Crippen molar-refractivity contribution in [2.24, 2.45) is 0 Å². The fraction of sp³-hybridized carbons (Fsp3) is 0.379. The van der Waals surface area contributed by atoms with Crippen LogP contribution in [-0.2, 0) is 22.6 Å². The molecule has 0 bridgehead atoms. The number of hydrogen-bond donors (Lipinski definition) is 2. The molecule has 196 valence electrons. The Morgan fingerprint density at radius 1 is 1.08 bits per heavy atom. The van der Waals surface area contributed by atoms with Gasteiger partial charge in [-0.15, -0.1) is 0 Å². The Morgan fingerprint density at radius 2 is 1.92 bits per heavy atom. The number of aromatic nitrogens is 1. The molecule has 0 radical (unpaired) electrons. The van der Waals surface area contributed by atoms with Gasteiger partial charge in [0.25, 0.3) is 0 Å². The van der Waals surface area contributed by atoms with Crippen LogP contribution in [-0.4, -0.2) is 50.4 Å². The first-order valence-electron chi connectivity index (χ1n) is 12.7. The lowest BCUT2D eigenvalue weighted by molar-refractivity contribution is 0.0593. The lowest BCUT2D eigenvalue weighted by Gasteiger charge is -2.33. The Kier molecular flexibility index (Phi) is 9.99. The average Bonchev–Trinajstić information content (AvgIpc) is 2.95. The van der Waals surface area contributed by atoms with Crippen LogP contribution in [0.5, 0.6) is 5.75 Å². The Balaban J connectivity index is 1.23. The predicted molar refractivity (Wildman–Crippen MR) is 139 cm³/mol. The van der Waals surface area contributed by atoms with Gasteiger partial charge >= 0.3 is 5.97 Å². The van der Waals surface area contributed by atoms with E-state index in [-0.39, 0.29) is 18.5 Å². The van der Waals surface area contributed by atoms with Crippen LogP contribution >= 0.6 is 0 Å². The third-order valence-corrected chi connectivity index (χ3v) is 6.45. The van der Waals surface area contributed by atoms with E-state index in [1.807, 2.05) is 24.3 Å². The minimum absolute atomic E-state index is 0.232. The molecule has 2 heterocycles. The molecule has 0 spiro atoms. The third-order valence-electron chi connectivity index (χ3n) is 6.45. The van der Waals surface area contributed by atoms with Gasteiger partial charge in [0.2, 0.25) is 0 Å². The Labute approximate surface area is 217 Å². The maximum absolute atomic E-state index is 13.6. The van der Waals surface area contributed by atoms with Gasteiger partial charge in [0.15, 0.2) is 0 Å². The number of hydrogen-bond acceptors (Lipinski definition) is 7. The molecule has 0 aliphatic carbocycles. The fourth-order valence-corrected chi connectivity index (χ4v) is 4.46. The number of esters is 1. The van der Waals surface area contributed by atoms with E-state index in [1.165, 1.54) is 18.7 Å². The van der Waals surface area contributed by atoms with Gasteiger partial charge < -0.3 is 24.8 Å². The third kappa shape index (κ3) is 7.82. The molecule has 2 N–H and O–H groups in total. The minimum atomic E-state index is -0.434. The summed E-state index contributed by atoms with van der Waals surface area (Å²) in [5.74, 6) is 0.497. The summed E-state index contributed by atoms with van der Waals surface area (Å²) >= 11 is 0.